The van der Waals surface area contributed by atoms with E-state index in [1.54, 1.807) is 0 Å². The molecule has 4 nitrogen and oxygen atoms in total. The van der Waals surface area contributed by atoms with Crippen LogP contribution in [0.4, 0.5) is 0 Å². The van der Waals surface area contributed by atoms with Gasteiger partial charge in [0.05, 0.1) is 13.2 Å². The summed E-state index contributed by atoms with van der Waals surface area (Å²) in [5.41, 5.74) is 0. The molecule has 0 amide bonds. The summed E-state index contributed by atoms with van der Waals surface area (Å²) in [6, 6.07) is 13.5. The van der Waals surface area contributed by atoms with Crippen molar-refractivity contribution in [3.8, 4) is 11.5 Å². The lowest BCUT2D eigenvalue weighted by molar-refractivity contribution is -0.208. The molecule has 0 aliphatic rings. The summed E-state index contributed by atoms with van der Waals surface area (Å²) in [6.45, 7) is 9.66. The van der Waals surface area contributed by atoms with Crippen LogP contribution in [0.1, 0.15) is 40.5 Å². The number of fused-ring (bicyclic) bond motifs is 2. The summed E-state index contributed by atoms with van der Waals surface area (Å²) in [7, 11) is 0. The highest BCUT2D eigenvalue weighted by Gasteiger charge is 2.18. The van der Waals surface area contributed by atoms with E-state index in [1.807, 2.05) is 42.5 Å². The number of rotatable bonds is 10. The van der Waals surface area contributed by atoms with Crippen molar-refractivity contribution >= 4 is 33.1 Å². The Labute approximate surface area is 177 Å². The molecule has 0 saturated carbocycles. The zero-order valence-corrected chi connectivity index (χ0v) is 18.3. The molecule has 0 saturated heterocycles. The van der Waals surface area contributed by atoms with Crippen molar-refractivity contribution in [3.05, 3.63) is 47.5 Å². The van der Waals surface area contributed by atoms with Gasteiger partial charge in [-0.3, -0.25) is 0 Å². The van der Waals surface area contributed by atoms with Gasteiger partial charge in [0.1, 0.15) is 0 Å². The third-order valence-electron chi connectivity index (χ3n) is 4.73. The predicted octanol–water partition coefficient (Wildman–Crippen LogP) is 7.36. The molecule has 0 fully saturated rings. The molecule has 3 aromatic rings. The van der Waals surface area contributed by atoms with Gasteiger partial charge in [-0.1, -0.05) is 63.6 Å². The van der Waals surface area contributed by atoms with E-state index >= 15 is 0 Å². The fourth-order valence-electron chi connectivity index (χ4n) is 3.02. The van der Waals surface area contributed by atoms with Crippen LogP contribution in [0, 0.1) is 11.8 Å². The molecular formula is C24H29ClO4. The Kier molecular flexibility index (Phi) is 7.59. The van der Waals surface area contributed by atoms with Crippen molar-refractivity contribution in [2.45, 2.75) is 40.5 Å². The van der Waals surface area contributed by atoms with Crippen LogP contribution in [0.2, 0.25) is 5.02 Å². The van der Waals surface area contributed by atoms with Gasteiger partial charge in [-0.05, 0) is 42.9 Å². The van der Waals surface area contributed by atoms with Gasteiger partial charge in [-0.2, -0.15) is 9.78 Å². The monoisotopic (exact) mass is 416 g/mol. The molecule has 156 valence electrons. The summed E-state index contributed by atoms with van der Waals surface area (Å²) in [5.74, 6) is 2.38. The van der Waals surface area contributed by atoms with Gasteiger partial charge in [-0.15, -0.1) is 0 Å². The fraction of sp³-hybridized carbons (Fsp3) is 0.417. The normalized spacial score (nSPS) is 11.7. The summed E-state index contributed by atoms with van der Waals surface area (Å²) in [4.78, 5) is 22.7. The molecule has 0 radical (unpaired) electrons. The van der Waals surface area contributed by atoms with Gasteiger partial charge in [-0.25, -0.2) is 0 Å². The van der Waals surface area contributed by atoms with E-state index < -0.39 is 0 Å². The van der Waals surface area contributed by atoms with Gasteiger partial charge >= 0.3 is 0 Å². The van der Waals surface area contributed by atoms with Crippen LogP contribution in [0.5, 0.6) is 11.5 Å². The van der Waals surface area contributed by atoms with Crippen LogP contribution < -0.4 is 9.78 Å². The number of halogens is 1. The van der Waals surface area contributed by atoms with E-state index in [0.29, 0.717) is 41.6 Å². The number of benzene rings is 3. The van der Waals surface area contributed by atoms with Crippen LogP contribution in [0.25, 0.3) is 21.5 Å². The van der Waals surface area contributed by atoms with Crippen molar-refractivity contribution in [2.24, 2.45) is 11.8 Å². The summed E-state index contributed by atoms with van der Waals surface area (Å²) in [6.07, 6.45) is 1.84. The van der Waals surface area contributed by atoms with Crippen molar-refractivity contribution < 1.29 is 19.6 Å². The highest BCUT2D eigenvalue weighted by Crippen LogP contribution is 2.43. The second-order valence-electron chi connectivity index (χ2n) is 8.07. The van der Waals surface area contributed by atoms with E-state index in [4.69, 9.17) is 31.2 Å². The molecule has 0 aliphatic carbocycles. The molecule has 3 rings (SSSR count). The quantitative estimate of drug-likeness (QED) is 0.150. The number of hydrogen-bond donors (Lipinski definition) is 0. The highest BCUT2D eigenvalue weighted by atomic mass is 35.5. The number of hydrogen-bond acceptors (Lipinski definition) is 4. The molecule has 5 heteroatoms. The second-order valence-corrected chi connectivity index (χ2v) is 8.51. The lowest BCUT2D eigenvalue weighted by Crippen LogP contribution is -2.05. The molecule has 0 unspecified atom stereocenters. The van der Waals surface area contributed by atoms with Crippen molar-refractivity contribution in [1.82, 2.24) is 0 Å². The first kappa shape index (κ1) is 21.7. The van der Waals surface area contributed by atoms with Gasteiger partial charge in [0.15, 0.2) is 11.5 Å². The van der Waals surface area contributed by atoms with Crippen LogP contribution in [-0.2, 0) is 9.78 Å². The maximum absolute atomic E-state index is 6.29. The van der Waals surface area contributed by atoms with E-state index in [9.17, 15) is 0 Å². The van der Waals surface area contributed by atoms with Crippen LogP contribution >= 0.6 is 11.6 Å². The lowest BCUT2D eigenvalue weighted by atomic mass is 10.0. The van der Waals surface area contributed by atoms with E-state index in [0.717, 1.165) is 34.4 Å². The van der Waals surface area contributed by atoms with Crippen molar-refractivity contribution in [3.63, 3.8) is 0 Å². The Morgan fingerprint density at radius 2 is 1.17 bits per heavy atom. The Bertz CT molecular complexity index is 952. The fourth-order valence-corrected chi connectivity index (χ4v) is 3.19. The Hall–Kier alpha value is -2.01. The SMILES string of the molecule is CC(C)CCOOc1c2ccccc2c(OOCCC(C)C)c2cc(Cl)ccc12. The third-order valence-corrected chi connectivity index (χ3v) is 4.96. The molecule has 29 heavy (non-hydrogen) atoms. The van der Waals surface area contributed by atoms with Gasteiger partial charge in [0, 0.05) is 26.6 Å². The molecular weight excluding hydrogens is 388 g/mol. The Morgan fingerprint density at radius 1 is 0.690 bits per heavy atom. The molecule has 0 aromatic heterocycles. The molecule has 0 N–H and O–H groups in total. The third kappa shape index (κ3) is 5.53. The predicted molar refractivity (Wildman–Crippen MR) is 119 cm³/mol. The smallest absolute Gasteiger partial charge is 0.181 e. The maximum Gasteiger partial charge on any atom is 0.181 e. The standard InChI is InChI=1S/C24H29ClO4/c1-16(2)11-13-26-28-23-19-7-5-6-8-20(19)24(29-27-14-12-17(3)4)22-15-18(25)9-10-21(22)23/h5-10,15-17H,11-14H2,1-4H3. The minimum atomic E-state index is 0.518. The Balaban J connectivity index is 2.01. The Morgan fingerprint density at radius 3 is 1.69 bits per heavy atom. The molecule has 0 heterocycles. The van der Waals surface area contributed by atoms with Gasteiger partial charge < -0.3 is 9.78 Å². The minimum Gasteiger partial charge on any atom is -0.336 e. The average Bonchev–Trinajstić information content (AvgIpc) is 2.68. The van der Waals surface area contributed by atoms with E-state index in [-0.39, 0.29) is 0 Å². The molecule has 0 aliphatic heterocycles. The van der Waals surface area contributed by atoms with Gasteiger partial charge in [0.25, 0.3) is 0 Å². The van der Waals surface area contributed by atoms with Crippen LogP contribution in [0.15, 0.2) is 42.5 Å². The first-order chi connectivity index (χ1) is 14.0. The van der Waals surface area contributed by atoms with Gasteiger partial charge in [0.2, 0.25) is 0 Å². The molecule has 3 aromatic carbocycles. The molecule has 0 spiro atoms. The average molecular weight is 417 g/mol. The maximum atomic E-state index is 6.29. The largest absolute Gasteiger partial charge is 0.336 e. The van der Waals surface area contributed by atoms with Crippen molar-refractivity contribution in [1.29, 1.82) is 0 Å². The van der Waals surface area contributed by atoms with Crippen LogP contribution in [0.3, 0.4) is 0 Å². The minimum absolute atomic E-state index is 0.518. The topological polar surface area (TPSA) is 36.9 Å². The zero-order valence-electron chi connectivity index (χ0n) is 17.5. The van der Waals surface area contributed by atoms with E-state index in [2.05, 4.69) is 27.7 Å². The first-order valence-corrected chi connectivity index (χ1v) is 10.6. The zero-order chi connectivity index (χ0) is 20.8. The summed E-state index contributed by atoms with van der Waals surface area (Å²) >= 11 is 6.29. The summed E-state index contributed by atoms with van der Waals surface area (Å²) < 4.78 is 0. The second kappa shape index (κ2) is 10.1. The van der Waals surface area contributed by atoms with Crippen LogP contribution in [-0.4, -0.2) is 13.2 Å². The lowest BCUT2D eigenvalue weighted by Gasteiger charge is -2.16. The van der Waals surface area contributed by atoms with E-state index in [1.165, 1.54) is 0 Å². The summed E-state index contributed by atoms with van der Waals surface area (Å²) in [5, 5.41) is 4.08. The highest BCUT2D eigenvalue weighted by molar-refractivity contribution is 6.31. The molecule has 0 bridgehead atoms. The first-order valence-electron chi connectivity index (χ1n) is 10.2. The molecule has 0 atom stereocenters. The van der Waals surface area contributed by atoms with Crippen molar-refractivity contribution in [2.75, 3.05) is 13.2 Å².